The molecule has 0 radical (unpaired) electrons. The van der Waals surface area contributed by atoms with Gasteiger partial charge in [-0.05, 0) is 25.0 Å². The molecule has 132 valence electrons. The molecule has 0 saturated carbocycles. The molecule has 1 aliphatic heterocycles. The number of aromatic nitrogens is 4. The van der Waals surface area contributed by atoms with E-state index in [-0.39, 0.29) is 24.2 Å². The van der Waals surface area contributed by atoms with Crippen LogP contribution >= 0.6 is 0 Å². The number of nitrogens with zero attached hydrogens (tertiary/aromatic N) is 4. The lowest BCUT2D eigenvalue weighted by atomic mass is 10.2. The molecule has 1 aliphatic rings. The zero-order valence-corrected chi connectivity index (χ0v) is 14.1. The molecule has 2 amide bonds. The zero-order valence-electron chi connectivity index (χ0n) is 14.1. The minimum Gasteiger partial charge on any atom is -0.342 e. The summed E-state index contributed by atoms with van der Waals surface area (Å²) in [6.07, 6.45) is 6.06. The zero-order chi connectivity index (χ0) is 17.9. The van der Waals surface area contributed by atoms with Gasteiger partial charge in [-0.3, -0.25) is 14.6 Å². The number of fused-ring (bicyclic) bond motifs is 1. The Bertz CT molecular complexity index is 906. The van der Waals surface area contributed by atoms with E-state index in [0.29, 0.717) is 6.54 Å². The van der Waals surface area contributed by atoms with E-state index in [0.717, 1.165) is 29.7 Å². The van der Waals surface area contributed by atoms with Crippen LogP contribution in [0, 0.1) is 0 Å². The Hall–Kier alpha value is -3.29. The Kier molecular flexibility index (Phi) is 4.30. The van der Waals surface area contributed by atoms with Crippen molar-refractivity contribution in [1.29, 1.82) is 0 Å². The number of carbonyl (C=O) groups is 2. The first kappa shape index (κ1) is 16.2. The molecule has 1 fully saturated rings. The summed E-state index contributed by atoms with van der Waals surface area (Å²) >= 11 is 0. The van der Waals surface area contributed by atoms with E-state index >= 15 is 0 Å². The van der Waals surface area contributed by atoms with Gasteiger partial charge < -0.3 is 15.2 Å². The Morgan fingerprint density at radius 2 is 2.15 bits per heavy atom. The van der Waals surface area contributed by atoms with Gasteiger partial charge in [0.05, 0.1) is 29.8 Å². The van der Waals surface area contributed by atoms with Gasteiger partial charge in [0.1, 0.15) is 11.5 Å². The van der Waals surface area contributed by atoms with Crippen LogP contribution in [0.4, 0.5) is 0 Å². The van der Waals surface area contributed by atoms with E-state index in [9.17, 15) is 9.59 Å². The molecule has 8 heteroatoms. The van der Waals surface area contributed by atoms with Crippen LogP contribution in [0.2, 0.25) is 0 Å². The predicted molar refractivity (Wildman–Crippen MR) is 94.1 cm³/mol. The normalized spacial score (nSPS) is 16.8. The highest BCUT2D eigenvalue weighted by Crippen LogP contribution is 2.31. The van der Waals surface area contributed by atoms with Crippen LogP contribution in [-0.2, 0) is 4.79 Å². The molecule has 3 heterocycles. The van der Waals surface area contributed by atoms with Gasteiger partial charge in [0, 0.05) is 18.9 Å². The van der Waals surface area contributed by atoms with Crippen molar-refractivity contribution < 1.29 is 9.59 Å². The lowest BCUT2D eigenvalue weighted by Gasteiger charge is -2.23. The van der Waals surface area contributed by atoms with Crippen LogP contribution in [-0.4, -0.2) is 49.7 Å². The van der Waals surface area contributed by atoms with Crippen molar-refractivity contribution in [2.75, 3.05) is 13.1 Å². The Morgan fingerprint density at radius 1 is 1.27 bits per heavy atom. The van der Waals surface area contributed by atoms with E-state index in [2.05, 4.69) is 25.3 Å². The molecule has 1 saturated heterocycles. The number of carbonyl (C=O) groups excluding carboxylic acids is 2. The first-order valence-electron chi connectivity index (χ1n) is 8.51. The minimum atomic E-state index is -0.411. The fourth-order valence-corrected chi connectivity index (χ4v) is 3.24. The maximum Gasteiger partial charge on any atom is 0.271 e. The summed E-state index contributed by atoms with van der Waals surface area (Å²) in [6, 6.07) is 7.70. The summed E-state index contributed by atoms with van der Waals surface area (Å²) in [6.45, 7) is 0.577. The SMILES string of the molecule is O=C(NCC(=O)N1CCC[C@@H]1c1nc2ccccc2[nH]1)c1cnccn1. The maximum atomic E-state index is 12.6. The highest BCUT2D eigenvalue weighted by Gasteiger charge is 2.32. The molecular formula is C18H18N6O2. The number of benzene rings is 1. The number of likely N-dealkylation sites (tertiary alicyclic amines) is 1. The van der Waals surface area contributed by atoms with Gasteiger partial charge in [0.25, 0.3) is 5.91 Å². The number of imidazole rings is 1. The fraction of sp³-hybridized carbons (Fsp3) is 0.278. The minimum absolute atomic E-state index is 0.0772. The van der Waals surface area contributed by atoms with Crippen molar-refractivity contribution in [2.45, 2.75) is 18.9 Å². The Morgan fingerprint density at radius 3 is 2.96 bits per heavy atom. The number of nitrogens with one attached hydrogen (secondary N) is 2. The average molecular weight is 350 g/mol. The van der Waals surface area contributed by atoms with E-state index in [1.54, 1.807) is 4.90 Å². The standard InChI is InChI=1S/C18H18N6O2/c25-16(11-21-18(26)14-10-19-7-8-20-14)24-9-3-6-15(24)17-22-12-4-1-2-5-13(12)23-17/h1-2,4-5,7-8,10,15H,3,6,9,11H2,(H,21,26)(H,22,23)/t15-/m1/s1. The van der Waals surface area contributed by atoms with Gasteiger partial charge in [-0.25, -0.2) is 9.97 Å². The Balaban J connectivity index is 1.44. The van der Waals surface area contributed by atoms with Crippen molar-refractivity contribution in [3.05, 3.63) is 54.4 Å². The molecule has 0 unspecified atom stereocenters. The summed E-state index contributed by atoms with van der Waals surface area (Å²) in [5.74, 6) is 0.244. The largest absolute Gasteiger partial charge is 0.342 e. The number of para-hydroxylation sites is 2. The highest BCUT2D eigenvalue weighted by atomic mass is 16.2. The average Bonchev–Trinajstić information content (AvgIpc) is 3.32. The van der Waals surface area contributed by atoms with Crippen LogP contribution in [0.1, 0.15) is 35.2 Å². The molecule has 0 spiro atoms. The molecule has 0 aliphatic carbocycles. The van der Waals surface area contributed by atoms with Crippen LogP contribution in [0.15, 0.2) is 42.9 Å². The fourth-order valence-electron chi connectivity index (χ4n) is 3.24. The lowest BCUT2D eigenvalue weighted by molar-refractivity contribution is -0.131. The molecule has 1 atom stereocenters. The third kappa shape index (κ3) is 3.13. The van der Waals surface area contributed by atoms with Crippen molar-refractivity contribution >= 4 is 22.8 Å². The molecule has 2 aromatic heterocycles. The number of hydrogen-bond acceptors (Lipinski definition) is 5. The number of H-pyrrole nitrogens is 1. The first-order chi connectivity index (χ1) is 12.7. The Labute approximate surface area is 149 Å². The van der Waals surface area contributed by atoms with Gasteiger partial charge in [0.15, 0.2) is 0 Å². The third-order valence-corrected chi connectivity index (χ3v) is 4.49. The van der Waals surface area contributed by atoms with E-state index < -0.39 is 5.91 Å². The molecule has 8 nitrogen and oxygen atoms in total. The molecule has 26 heavy (non-hydrogen) atoms. The van der Waals surface area contributed by atoms with Crippen molar-refractivity contribution in [3.8, 4) is 0 Å². The lowest BCUT2D eigenvalue weighted by Crippen LogP contribution is -2.40. The maximum absolute atomic E-state index is 12.6. The van der Waals surface area contributed by atoms with Crippen LogP contribution < -0.4 is 5.32 Å². The second kappa shape index (κ2) is 6.91. The number of hydrogen-bond donors (Lipinski definition) is 2. The second-order valence-corrected chi connectivity index (χ2v) is 6.16. The summed E-state index contributed by atoms with van der Waals surface area (Å²) in [5, 5.41) is 2.61. The second-order valence-electron chi connectivity index (χ2n) is 6.16. The van der Waals surface area contributed by atoms with Gasteiger partial charge in [-0.15, -0.1) is 0 Å². The van der Waals surface area contributed by atoms with Gasteiger partial charge in [-0.1, -0.05) is 12.1 Å². The molecule has 1 aromatic carbocycles. The number of rotatable bonds is 4. The summed E-state index contributed by atoms with van der Waals surface area (Å²) in [5.41, 5.74) is 2.03. The summed E-state index contributed by atoms with van der Waals surface area (Å²) in [4.78, 5) is 42.1. The van der Waals surface area contributed by atoms with E-state index in [4.69, 9.17) is 0 Å². The number of amides is 2. The van der Waals surface area contributed by atoms with E-state index in [1.807, 2.05) is 24.3 Å². The van der Waals surface area contributed by atoms with Gasteiger partial charge >= 0.3 is 0 Å². The van der Waals surface area contributed by atoms with Gasteiger partial charge in [0.2, 0.25) is 5.91 Å². The van der Waals surface area contributed by atoms with Crippen molar-refractivity contribution in [1.82, 2.24) is 30.2 Å². The molecule has 0 bridgehead atoms. The highest BCUT2D eigenvalue weighted by molar-refractivity contribution is 5.94. The molecule has 3 aromatic rings. The topological polar surface area (TPSA) is 104 Å². The number of aromatic amines is 1. The molecule has 2 N–H and O–H groups in total. The predicted octanol–water partition coefficient (Wildman–Crippen LogP) is 1.45. The third-order valence-electron chi connectivity index (χ3n) is 4.49. The smallest absolute Gasteiger partial charge is 0.271 e. The van der Waals surface area contributed by atoms with Crippen molar-refractivity contribution in [2.24, 2.45) is 0 Å². The first-order valence-corrected chi connectivity index (χ1v) is 8.51. The van der Waals surface area contributed by atoms with E-state index in [1.165, 1.54) is 18.6 Å². The summed E-state index contributed by atoms with van der Waals surface area (Å²) in [7, 11) is 0. The quantitative estimate of drug-likeness (QED) is 0.741. The van der Waals surface area contributed by atoms with Crippen LogP contribution in [0.3, 0.4) is 0 Å². The van der Waals surface area contributed by atoms with Crippen LogP contribution in [0.25, 0.3) is 11.0 Å². The molecular weight excluding hydrogens is 332 g/mol. The molecule has 4 rings (SSSR count). The van der Waals surface area contributed by atoms with Crippen molar-refractivity contribution in [3.63, 3.8) is 0 Å². The van der Waals surface area contributed by atoms with Crippen LogP contribution in [0.5, 0.6) is 0 Å². The summed E-state index contributed by atoms with van der Waals surface area (Å²) < 4.78 is 0. The van der Waals surface area contributed by atoms with Gasteiger partial charge in [-0.2, -0.15) is 0 Å². The monoisotopic (exact) mass is 350 g/mol.